The standard InChI is InChI=1S/C30H39N3O4/c1-5-6-24(17-29(34)35)23-7-10-26(11-8-23)37-20-25-9-12-27(30(22(25)4)32-18-21(2)3)28(31)19-33-13-15-36-16-14-33/h7-12,21,24,31-32H,13-20H2,1-4H3,(H,34,35)/t24-/m0/s1. The van der Waals surface area contributed by atoms with Crippen molar-refractivity contribution in [1.29, 1.82) is 5.41 Å². The molecule has 0 bridgehead atoms. The number of carboxylic acid groups (broad SMARTS) is 1. The zero-order chi connectivity index (χ0) is 26.8. The topological polar surface area (TPSA) is 94.9 Å². The van der Waals surface area contributed by atoms with Gasteiger partial charge in [-0.05, 0) is 48.6 Å². The van der Waals surface area contributed by atoms with Crippen molar-refractivity contribution in [2.45, 2.75) is 46.6 Å². The van der Waals surface area contributed by atoms with Gasteiger partial charge in [-0.1, -0.05) is 44.0 Å². The predicted molar refractivity (Wildman–Crippen MR) is 148 cm³/mol. The molecule has 1 aliphatic heterocycles. The van der Waals surface area contributed by atoms with Gasteiger partial charge < -0.3 is 25.3 Å². The highest BCUT2D eigenvalue weighted by Crippen LogP contribution is 2.28. The van der Waals surface area contributed by atoms with E-state index in [0.29, 0.717) is 43.7 Å². The lowest BCUT2D eigenvalue weighted by molar-refractivity contribution is -0.137. The van der Waals surface area contributed by atoms with Crippen LogP contribution in [0, 0.1) is 30.1 Å². The maximum Gasteiger partial charge on any atom is 0.304 e. The lowest BCUT2D eigenvalue weighted by Crippen LogP contribution is -2.39. The molecule has 0 unspecified atom stereocenters. The lowest BCUT2D eigenvalue weighted by Gasteiger charge is -2.27. The third kappa shape index (κ3) is 8.34. The highest BCUT2D eigenvalue weighted by molar-refractivity contribution is 6.05. The fraction of sp³-hybridized carbons (Fsp3) is 0.467. The molecule has 0 saturated carbocycles. The second-order valence-electron chi connectivity index (χ2n) is 9.82. The Labute approximate surface area is 220 Å². The summed E-state index contributed by atoms with van der Waals surface area (Å²) in [6.07, 6.45) is -0.0285. The zero-order valence-electron chi connectivity index (χ0n) is 22.4. The van der Waals surface area contributed by atoms with Gasteiger partial charge in [-0.15, -0.1) is 5.92 Å². The third-order valence-corrected chi connectivity index (χ3v) is 6.45. The van der Waals surface area contributed by atoms with Crippen LogP contribution in [0.15, 0.2) is 36.4 Å². The minimum atomic E-state index is -0.869. The Morgan fingerprint density at radius 1 is 1.19 bits per heavy atom. The van der Waals surface area contributed by atoms with E-state index < -0.39 is 5.97 Å². The van der Waals surface area contributed by atoms with E-state index in [2.05, 4.69) is 42.8 Å². The molecule has 0 aromatic heterocycles. The van der Waals surface area contributed by atoms with Crippen LogP contribution in [0.4, 0.5) is 5.69 Å². The quantitative estimate of drug-likeness (QED) is 0.280. The van der Waals surface area contributed by atoms with E-state index in [1.54, 1.807) is 6.92 Å². The van der Waals surface area contributed by atoms with Gasteiger partial charge in [-0.25, -0.2) is 0 Å². The van der Waals surface area contributed by atoms with Crippen molar-refractivity contribution in [3.63, 3.8) is 0 Å². The minimum Gasteiger partial charge on any atom is -0.489 e. The first-order chi connectivity index (χ1) is 17.8. The van der Waals surface area contributed by atoms with Crippen LogP contribution in [0.2, 0.25) is 0 Å². The number of aliphatic carboxylic acids is 1. The van der Waals surface area contributed by atoms with Crippen LogP contribution < -0.4 is 10.1 Å². The summed E-state index contributed by atoms with van der Waals surface area (Å²) in [5, 5.41) is 21.6. The Morgan fingerprint density at radius 3 is 2.51 bits per heavy atom. The summed E-state index contributed by atoms with van der Waals surface area (Å²) >= 11 is 0. The number of nitrogens with zero attached hydrogens (tertiary/aromatic N) is 1. The molecule has 198 valence electrons. The average Bonchev–Trinajstić information content (AvgIpc) is 2.87. The molecule has 7 nitrogen and oxygen atoms in total. The fourth-order valence-corrected chi connectivity index (χ4v) is 4.32. The Hall–Kier alpha value is -3.34. The van der Waals surface area contributed by atoms with Crippen LogP contribution in [-0.4, -0.2) is 61.1 Å². The number of benzene rings is 2. The molecule has 0 aliphatic carbocycles. The molecule has 0 spiro atoms. The van der Waals surface area contributed by atoms with E-state index in [-0.39, 0.29) is 12.3 Å². The average molecular weight is 506 g/mol. The molecule has 1 heterocycles. The SMILES string of the molecule is CC#C[C@@H](CC(=O)O)c1ccc(OCc2ccc(C(=N)CN3CCOCC3)c(NCC(C)C)c2C)cc1. The summed E-state index contributed by atoms with van der Waals surface area (Å²) in [5.74, 6) is 5.78. The predicted octanol–water partition coefficient (Wildman–Crippen LogP) is 4.92. The number of anilines is 1. The monoisotopic (exact) mass is 505 g/mol. The van der Waals surface area contributed by atoms with Crippen LogP contribution in [-0.2, 0) is 16.1 Å². The van der Waals surface area contributed by atoms with E-state index in [0.717, 1.165) is 47.6 Å². The summed E-state index contributed by atoms with van der Waals surface area (Å²) in [7, 11) is 0. The number of ether oxygens (including phenoxy) is 2. The van der Waals surface area contributed by atoms with Crippen molar-refractivity contribution >= 4 is 17.4 Å². The number of carbonyl (C=O) groups is 1. The molecule has 1 fully saturated rings. The highest BCUT2D eigenvalue weighted by atomic mass is 16.5. The summed E-state index contributed by atoms with van der Waals surface area (Å²) in [5.41, 5.74) is 5.53. The van der Waals surface area contributed by atoms with E-state index in [9.17, 15) is 9.90 Å². The minimum absolute atomic E-state index is 0.0285. The molecular weight excluding hydrogens is 466 g/mol. The second-order valence-corrected chi connectivity index (χ2v) is 9.82. The molecule has 1 atom stereocenters. The van der Waals surface area contributed by atoms with Gasteiger partial charge in [0.25, 0.3) is 0 Å². The van der Waals surface area contributed by atoms with Crippen molar-refractivity contribution in [1.82, 2.24) is 4.90 Å². The highest BCUT2D eigenvalue weighted by Gasteiger charge is 2.18. The van der Waals surface area contributed by atoms with E-state index in [4.69, 9.17) is 14.9 Å². The Morgan fingerprint density at radius 2 is 1.89 bits per heavy atom. The van der Waals surface area contributed by atoms with E-state index >= 15 is 0 Å². The molecule has 2 aromatic rings. The first-order valence-corrected chi connectivity index (χ1v) is 12.9. The van der Waals surface area contributed by atoms with E-state index in [1.165, 1.54) is 0 Å². The van der Waals surface area contributed by atoms with Gasteiger partial charge in [-0.2, -0.15) is 0 Å². The Kier molecular flexibility index (Phi) is 10.6. The van der Waals surface area contributed by atoms with Crippen LogP contribution in [0.5, 0.6) is 5.75 Å². The number of hydrogen-bond donors (Lipinski definition) is 3. The van der Waals surface area contributed by atoms with Gasteiger partial charge >= 0.3 is 5.97 Å². The number of carboxylic acids is 1. The van der Waals surface area contributed by atoms with Gasteiger partial charge in [-0.3, -0.25) is 9.69 Å². The normalized spacial score (nSPS) is 14.5. The third-order valence-electron chi connectivity index (χ3n) is 6.45. The molecular formula is C30H39N3O4. The van der Waals surface area contributed by atoms with Crippen LogP contribution in [0.25, 0.3) is 0 Å². The van der Waals surface area contributed by atoms with Gasteiger partial charge in [0.1, 0.15) is 12.4 Å². The summed E-state index contributed by atoms with van der Waals surface area (Å²) < 4.78 is 11.5. The molecule has 0 radical (unpaired) electrons. The van der Waals surface area contributed by atoms with Gasteiger partial charge in [0, 0.05) is 37.4 Å². The molecule has 1 saturated heterocycles. The maximum atomic E-state index is 11.2. The largest absolute Gasteiger partial charge is 0.489 e. The van der Waals surface area contributed by atoms with Crippen molar-refractivity contribution in [2.75, 3.05) is 44.7 Å². The van der Waals surface area contributed by atoms with Crippen LogP contribution in [0.1, 0.15) is 55.4 Å². The van der Waals surface area contributed by atoms with Gasteiger partial charge in [0.15, 0.2) is 0 Å². The first kappa shape index (κ1) is 28.2. The van der Waals surface area contributed by atoms with Crippen LogP contribution >= 0.6 is 0 Å². The van der Waals surface area contributed by atoms with Crippen LogP contribution in [0.3, 0.4) is 0 Å². The molecule has 1 aliphatic rings. The number of hydrogen-bond acceptors (Lipinski definition) is 6. The molecule has 3 N–H and O–H groups in total. The Bertz CT molecular complexity index is 1130. The van der Waals surface area contributed by atoms with Crippen molar-refractivity contribution in [3.05, 3.63) is 58.7 Å². The number of rotatable bonds is 12. The fourth-order valence-electron chi connectivity index (χ4n) is 4.32. The summed E-state index contributed by atoms with van der Waals surface area (Å²) in [4.78, 5) is 13.4. The van der Waals surface area contributed by atoms with Crippen molar-refractivity contribution < 1.29 is 19.4 Å². The lowest BCUT2D eigenvalue weighted by atomic mass is 9.96. The molecule has 2 aromatic carbocycles. The number of morpholine rings is 1. The molecule has 7 heteroatoms. The van der Waals surface area contributed by atoms with Crippen molar-refractivity contribution in [2.24, 2.45) is 5.92 Å². The first-order valence-electron chi connectivity index (χ1n) is 12.9. The number of nitrogens with one attached hydrogen (secondary N) is 2. The summed E-state index contributed by atoms with van der Waals surface area (Å²) in [6.45, 7) is 13.1. The molecule has 37 heavy (non-hydrogen) atoms. The van der Waals surface area contributed by atoms with E-state index in [1.807, 2.05) is 36.4 Å². The zero-order valence-corrected chi connectivity index (χ0v) is 22.4. The molecule has 0 amide bonds. The van der Waals surface area contributed by atoms with Crippen molar-refractivity contribution in [3.8, 4) is 17.6 Å². The molecule has 3 rings (SSSR count). The smallest absolute Gasteiger partial charge is 0.304 e. The summed E-state index contributed by atoms with van der Waals surface area (Å²) in [6, 6.07) is 11.6. The van der Waals surface area contributed by atoms with Gasteiger partial charge in [0.2, 0.25) is 0 Å². The second kappa shape index (κ2) is 13.8. The maximum absolute atomic E-state index is 11.2. The Balaban J connectivity index is 1.74. The van der Waals surface area contributed by atoms with Gasteiger partial charge in [0.05, 0.1) is 31.3 Å².